The van der Waals surface area contributed by atoms with E-state index in [4.69, 9.17) is 5.11 Å². The topological polar surface area (TPSA) is 75.4 Å². The highest BCUT2D eigenvalue weighted by atomic mass is 19.4. The molecule has 2 heterocycles. The van der Waals surface area contributed by atoms with E-state index in [-0.39, 0.29) is 42.8 Å². The summed E-state index contributed by atoms with van der Waals surface area (Å²) in [6.07, 6.45) is -1.66. The zero-order chi connectivity index (χ0) is 22.2. The molecule has 1 saturated carbocycles. The molecule has 1 N–H and O–H groups in total. The number of amides is 1. The van der Waals surface area contributed by atoms with Crippen molar-refractivity contribution in [1.29, 1.82) is 0 Å². The molecule has 31 heavy (non-hydrogen) atoms. The van der Waals surface area contributed by atoms with Gasteiger partial charge in [0.25, 0.3) is 0 Å². The van der Waals surface area contributed by atoms with Crippen molar-refractivity contribution in [2.24, 2.45) is 11.8 Å². The molecule has 9 heteroatoms. The maximum atomic E-state index is 13.6. The molecule has 0 saturated heterocycles. The number of halogens is 3. The van der Waals surface area contributed by atoms with Gasteiger partial charge in [0.1, 0.15) is 0 Å². The van der Waals surface area contributed by atoms with Crippen LogP contribution in [0.15, 0.2) is 30.3 Å². The van der Waals surface area contributed by atoms with Crippen LogP contribution in [-0.4, -0.2) is 38.2 Å². The van der Waals surface area contributed by atoms with E-state index in [0.29, 0.717) is 43.5 Å². The number of aromatic nitrogens is 2. The van der Waals surface area contributed by atoms with Crippen LogP contribution in [0, 0.1) is 11.8 Å². The average molecular weight is 435 g/mol. The van der Waals surface area contributed by atoms with E-state index in [9.17, 15) is 22.8 Å². The van der Waals surface area contributed by atoms with E-state index in [1.54, 1.807) is 35.2 Å². The normalized spacial score (nSPS) is 21.6. The molecular formula is C22H24F3N3O3. The van der Waals surface area contributed by atoms with Crippen LogP contribution in [0.2, 0.25) is 0 Å². The standard InChI is InChI=1S/C22H24F3N3O3/c23-22(24,25)20-17-10-11-27(13-18(17)28(26-20)16-4-2-1-3-5-16)19(29)12-14-6-8-15(9-7-14)21(30)31/h1-5,14-15H,6-13H2,(H,30,31)/t14-,15+. The Bertz CT molecular complexity index is 964. The number of fused-ring (bicyclic) bond motifs is 1. The van der Waals surface area contributed by atoms with E-state index in [0.717, 1.165) is 0 Å². The van der Waals surface area contributed by atoms with Gasteiger partial charge in [-0.3, -0.25) is 9.59 Å². The Hall–Kier alpha value is -2.84. The third-order valence-electron chi connectivity index (χ3n) is 6.34. The maximum absolute atomic E-state index is 13.6. The van der Waals surface area contributed by atoms with Crippen molar-refractivity contribution in [3.63, 3.8) is 0 Å². The molecule has 1 aromatic carbocycles. The van der Waals surface area contributed by atoms with Crippen LogP contribution >= 0.6 is 0 Å². The highest BCUT2D eigenvalue weighted by Crippen LogP contribution is 2.37. The smallest absolute Gasteiger partial charge is 0.435 e. The Kier molecular flexibility index (Phi) is 5.77. The van der Waals surface area contributed by atoms with Crippen molar-refractivity contribution in [1.82, 2.24) is 14.7 Å². The van der Waals surface area contributed by atoms with Gasteiger partial charge >= 0.3 is 12.1 Å². The molecule has 0 spiro atoms. The van der Waals surface area contributed by atoms with E-state index in [2.05, 4.69) is 5.10 Å². The molecule has 1 aromatic heterocycles. The Balaban J connectivity index is 1.52. The quantitative estimate of drug-likeness (QED) is 0.786. The molecule has 1 aliphatic carbocycles. The highest BCUT2D eigenvalue weighted by molar-refractivity contribution is 5.77. The third-order valence-corrected chi connectivity index (χ3v) is 6.34. The minimum atomic E-state index is -4.56. The van der Waals surface area contributed by atoms with Crippen LogP contribution in [0.3, 0.4) is 0 Å². The molecule has 0 atom stereocenters. The first kappa shape index (κ1) is 21.4. The van der Waals surface area contributed by atoms with Gasteiger partial charge in [0.2, 0.25) is 5.91 Å². The van der Waals surface area contributed by atoms with E-state index >= 15 is 0 Å². The third kappa shape index (κ3) is 4.45. The zero-order valence-corrected chi connectivity index (χ0v) is 16.9. The van der Waals surface area contributed by atoms with Crippen LogP contribution in [0.4, 0.5) is 13.2 Å². The van der Waals surface area contributed by atoms with Gasteiger partial charge in [-0.1, -0.05) is 18.2 Å². The first-order chi connectivity index (χ1) is 14.7. The number of hydrogen-bond donors (Lipinski definition) is 1. The lowest BCUT2D eigenvalue weighted by molar-refractivity contribution is -0.143. The molecule has 0 bridgehead atoms. The summed E-state index contributed by atoms with van der Waals surface area (Å²) in [5.74, 6) is -1.11. The predicted molar refractivity (Wildman–Crippen MR) is 105 cm³/mol. The number of carbonyl (C=O) groups is 2. The molecule has 0 unspecified atom stereocenters. The lowest BCUT2D eigenvalue weighted by Crippen LogP contribution is -2.38. The van der Waals surface area contributed by atoms with Gasteiger partial charge in [0.15, 0.2) is 5.69 Å². The van der Waals surface area contributed by atoms with Gasteiger partial charge in [0, 0.05) is 18.5 Å². The number of carboxylic acid groups (broad SMARTS) is 1. The average Bonchev–Trinajstić information content (AvgIpc) is 3.14. The highest BCUT2D eigenvalue weighted by Gasteiger charge is 2.41. The molecule has 1 amide bonds. The minimum Gasteiger partial charge on any atom is -0.481 e. The Morgan fingerprint density at radius 1 is 1.10 bits per heavy atom. The largest absolute Gasteiger partial charge is 0.481 e. The molecule has 1 aliphatic heterocycles. The fraction of sp³-hybridized carbons (Fsp3) is 0.500. The fourth-order valence-corrected chi connectivity index (χ4v) is 4.63. The van der Waals surface area contributed by atoms with E-state index < -0.39 is 17.8 Å². The zero-order valence-electron chi connectivity index (χ0n) is 16.9. The summed E-state index contributed by atoms with van der Waals surface area (Å²) in [5.41, 5.74) is 0.191. The molecule has 2 aromatic rings. The number of carbonyl (C=O) groups excluding carboxylic acids is 1. The first-order valence-corrected chi connectivity index (χ1v) is 10.5. The van der Waals surface area contributed by atoms with Gasteiger partial charge in [0.05, 0.1) is 23.8 Å². The number of alkyl halides is 3. The van der Waals surface area contributed by atoms with Crippen molar-refractivity contribution < 1.29 is 27.9 Å². The number of aliphatic carboxylic acids is 1. The SMILES string of the molecule is O=C(C[C@H]1CC[C@@H](C(=O)O)CC1)N1CCc2c(C(F)(F)F)nn(-c3ccccc3)c2C1. The van der Waals surface area contributed by atoms with Crippen molar-refractivity contribution in [3.05, 3.63) is 47.3 Å². The van der Waals surface area contributed by atoms with Crippen LogP contribution in [0.25, 0.3) is 5.69 Å². The molecule has 0 radical (unpaired) electrons. The van der Waals surface area contributed by atoms with E-state index in [1.807, 2.05) is 0 Å². The van der Waals surface area contributed by atoms with Gasteiger partial charge in [-0.25, -0.2) is 4.68 Å². The maximum Gasteiger partial charge on any atom is 0.435 e. The minimum absolute atomic E-state index is 0.0800. The summed E-state index contributed by atoms with van der Waals surface area (Å²) in [4.78, 5) is 25.6. The number of hydrogen-bond acceptors (Lipinski definition) is 3. The number of para-hydroxylation sites is 1. The van der Waals surface area contributed by atoms with Crippen molar-refractivity contribution in [3.8, 4) is 5.69 Å². The van der Waals surface area contributed by atoms with Crippen LogP contribution in [0.5, 0.6) is 0 Å². The summed E-state index contributed by atoms with van der Waals surface area (Å²) in [7, 11) is 0. The molecular weight excluding hydrogens is 411 g/mol. The molecule has 4 rings (SSSR count). The number of benzene rings is 1. The second-order valence-corrected chi connectivity index (χ2v) is 8.34. The number of nitrogens with zero attached hydrogens (tertiary/aromatic N) is 3. The van der Waals surface area contributed by atoms with E-state index in [1.165, 1.54) is 4.68 Å². The molecule has 2 aliphatic rings. The van der Waals surface area contributed by atoms with Crippen LogP contribution in [-0.2, 0) is 28.7 Å². The summed E-state index contributed by atoms with van der Waals surface area (Å²) in [6.45, 7) is 0.302. The van der Waals surface area contributed by atoms with Gasteiger partial charge in [-0.15, -0.1) is 0 Å². The lowest BCUT2D eigenvalue weighted by atomic mass is 9.80. The summed E-state index contributed by atoms with van der Waals surface area (Å²) >= 11 is 0. The monoisotopic (exact) mass is 435 g/mol. The Morgan fingerprint density at radius 2 is 1.77 bits per heavy atom. The fourth-order valence-electron chi connectivity index (χ4n) is 4.63. The second-order valence-electron chi connectivity index (χ2n) is 8.34. The van der Waals surface area contributed by atoms with Crippen molar-refractivity contribution in [2.75, 3.05) is 6.54 Å². The summed E-state index contributed by atoms with van der Waals surface area (Å²) in [5, 5.41) is 13.0. The molecule has 166 valence electrons. The van der Waals surface area contributed by atoms with Gasteiger partial charge in [-0.2, -0.15) is 18.3 Å². The van der Waals surface area contributed by atoms with Crippen molar-refractivity contribution in [2.45, 2.75) is 51.2 Å². The lowest BCUT2D eigenvalue weighted by Gasteiger charge is -2.31. The van der Waals surface area contributed by atoms with Gasteiger partial charge in [-0.05, 0) is 50.2 Å². The Morgan fingerprint density at radius 3 is 2.39 bits per heavy atom. The van der Waals surface area contributed by atoms with Crippen LogP contribution < -0.4 is 0 Å². The van der Waals surface area contributed by atoms with Gasteiger partial charge < -0.3 is 10.0 Å². The predicted octanol–water partition coefficient (Wildman–Crippen LogP) is 4.06. The summed E-state index contributed by atoms with van der Waals surface area (Å²) < 4.78 is 42.0. The number of carboxylic acids is 1. The second kappa shape index (κ2) is 8.36. The first-order valence-electron chi connectivity index (χ1n) is 10.5. The molecule has 1 fully saturated rings. The number of rotatable bonds is 4. The Labute approximate surface area is 177 Å². The van der Waals surface area contributed by atoms with Crippen LogP contribution in [0.1, 0.15) is 49.1 Å². The van der Waals surface area contributed by atoms with Crippen molar-refractivity contribution >= 4 is 11.9 Å². The molecule has 6 nitrogen and oxygen atoms in total. The summed E-state index contributed by atoms with van der Waals surface area (Å²) in [6, 6.07) is 8.62.